The van der Waals surface area contributed by atoms with E-state index in [1.54, 1.807) is 19.0 Å². The van der Waals surface area contributed by atoms with E-state index in [1.807, 2.05) is 0 Å². The molecule has 0 amide bonds. The Hall–Kier alpha value is 1.43. The first-order valence-corrected chi connectivity index (χ1v) is 1.99. The molecule has 44 valence electrons. The van der Waals surface area contributed by atoms with Crippen molar-refractivity contribution >= 4 is 65.1 Å². The van der Waals surface area contributed by atoms with Crippen LogP contribution in [0.4, 0.5) is 0 Å². The maximum atomic E-state index is 9.77. The molecule has 3 nitrogen and oxygen atoms in total. The number of hydrogen-bond donors (Lipinski definition) is 1. The van der Waals surface area contributed by atoms with Crippen LogP contribution < -0.4 is 0 Å². The van der Waals surface area contributed by atoms with Crippen LogP contribution in [0.15, 0.2) is 0 Å². The zero-order valence-electron chi connectivity index (χ0n) is 6.51. The average molecular weight is 149 g/mol. The molecular weight excluding hydrogens is 140 g/mol. The molecule has 0 heterocycles. The van der Waals surface area contributed by atoms with Crippen molar-refractivity contribution in [3.05, 3.63) is 0 Å². The van der Waals surface area contributed by atoms with Gasteiger partial charge in [-0.05, 0) is 14.1 Å². The number of hydrogen-bond acceptors (Lipinski definition) is 2. The van der Waals surface area contributed by atoms with Crippen LogP contribution in [-0.2, 0) is 4.79 Å². The molecule has 0 saturated carbocycles. The predicted octanol–water partition coefficient (Wildman–Crippen LogP) is -1.13. The van der Waals surface area contributed by atoms with Crippen LogP contribution in [0.3, 0.4) is 0 Å². The van der Waals surface area contributed by atoms with Gasteiger partial charge in [-0.15, -0.1) is 0 Å². The summed E-state index contributed by atoms with van der Waals surface area (Å²) >= 11 is 0. The van der Waals surface area contributed by atoms with Crippen LogP contribution in [0.2, 0.25) is 0 Å². The van der Waals surface area contributed by atoms with Gasteiger partial charge in [0.1, 0.15) is 0 Å². The molecule has 0 rings (SSSR count). The van der Waals surface area contributed by atoms with Crippen LogP contribution in [0.25, 0.3) is 0 Å². The molecule has 2 radical (unpaired) electrons. The summed E-state index contributed by atoms with van der Waals surface area (Å²) in [6.07, 6.45) is 0. The zero-order chi connectivity index (χ0) is 5.86. The molecule has 1 N–H and O–H groups in total. The minimum absolute atomic E-state index is 0. The molecule has 0 aromatic carbocycles. The van der Waals surface area contributed by atoms with Gasteiger partial charge in [-0.1, -0.05) is 0 Å². The minimum Gasteiger partial charge on any atom is -0.480 e. The summed E-state index contributed by atoms with van der Waals surface area (Å²) in [7, 11) is 3.43. The molecule has 0 fully saturated rings. The molecule has 0 spiro atoms. The van der Waals surface area contributed by atoms with E-state index in [4.69, 9.17) is 5.11 Å². The molecule has 0 aliphatic carbocycles. The molecule has 9 heavy (non-hydrogen) atoms. The summed E-state index contributed by atoms with van der Waals surface area (Å²) in [5.41, 5.74) is 0. The van der Waals surface area contributed by atoms with Crippen molar-refractivity contribution in [2.75, 3.05) is 20.6 Å². The third kappa shape index (κ3) is 17.7. The van der Waals surface area contributed by atoms with E-state index < -0.39 is 5.97 Å². The summed E-state index contributed by atoms with van der Waals surface area (Å²) < 4.78 is 0. The zero-order valence-corrected chi connectivity index (χ0v) is 10.5. The van der Waals surface area contributed by atoms with Gasteiger partial charge >= 0.3 is 5.97 Å². The largest absolute Gasteiger partial charge is 0.480 e. The standard InChI is InChI=1S/C4H9NO2.2Na/c1-5(2)3-4(6)7;;/h3H2,1-2H3,(H,6,7);;. The molecule has 0 saturated heterocycles. The number of nitrogens with zero attached hydrogens (tertiary/aromatic N) is 1. The number of carboxylic acid groups (broad SMARTS) is 1. The fourth-order valence-corrected chi connectivity index (χ4v) is 0.271. The van der Waals surface area contributed by atoms with Crippen molar-refractivity contribution in [3.8, 4) is 0 Å². The van der Waals surface area contributed by atoms with Gasteiger partial charge in [-0.25, -0.2) is 0 Å². The van der Waals surface area contributed by atoms with Gasteiger partial charge in [-0.2, -0.15) is 0 Å². The Labute approximate surface area is 99.4 Å². The first kappa shape index (κ1) is 16.8. The average Bonchev–Trinajstić information content (AvgIpc) is 1.27. The second-order valence-electron chi connectivity index (χ2n) is 1.63. The number of aliphatic carboxylic acids is 1. The summed E-state index contributed by atoms with van der Waals surface area (Å²) in [5, 5.41) is 8.04. The van der Waals surface area contributed by atoms with E-state index in [-0.39, 0.29) is 65.7 Å². The number of carboxylic acids is 1. The van der Waals surface area contributed by atoms with Gasteiger partial charge in [-0.3, -0.25) is 9.69 Å². The summed E-state index contributed by atoms with van der Waals surface area (Å²) in [5.74, 6) is -0.787. The molecule has 0 bridgehead atoms. The minimum atomic E-state index is -0.787. The Bertz CT molecular complexity index is 77.0. The SMILES string of the molecule is CN(C)CC(=O)O.[Na].[Na]. The molecular formula is C4H9NNa2O2. The van der Waals surface area contributed by atoms with Crippen molar-refractivity contribution in [2.24, 2.45) is 0 Å². The normalized spacial score (nSPS) is 7.44. The smallest absolute Gasteiger partial charge is 0.317 e. The van der Waals surface area contributed by atoms with Crippen molar-refractivity contribution in [1.82, 2.24) is 4.90 Å². The Morgan fingerprint density at radius 1 is 1.44 bits per heavy atom. The Morgan fingerprint density at radius 3 is 1.78 bits per heavy atom. The number of rotatable bonds is 2. The molecule has 0 aliphatic heterocycles. The molecule has 0 unspecified atom stereocenters. The monoisotopic (exact) mass is 149 g/mol. The Kier molecular flexibility index (Phi) is 17.6. The van der Waals surface area contributed by atoms with Gasteiger partial charge < -0.3 is 5.11 Å². The topological polar surface area (TPSA) is 40.5 Å². The number of likely N-dealkylation sites (N-methyl/N-ethyl adjacent to an activating group) is 1. The van der Waals surface area contributed by atoms with Crippen LogP contribution in [0.5, 0.6) is 0 Å². The van der Waals surface area contributed by atoms with Crippen LogP contribution in [0, 0.1) is 0 Å². The van der Waals surface area contributed by atoms with Crippen LogP contribution in [0.1, 0.15) is 0 Å². The summed E-state index contributed by atoms with van der Waals surface area (Å²) in [4.78, 5) is 11.4. The van der Waals surface area contributed by atoms with Crippen molar-refractivity contribution in [1.29, 1.82) is 0 Å². The van der Waals surface area contributed by atoms with Crippen molar-refractivity contribution < 1.29 is 9.90 Å². The summed E-state index contributed by atoms with van der Waals surface area (Å²) in [6.45, 7) is 0.111. The summed E-state index contributed by atoms with van der Waals surface area (Å²) in [6, 6.07) is 0. The van der Waals surface area contributed by atoms with Gasteiger partial charge in [0, 0.05) is 59.1 Å². The van der Waals surface area contributed by atoms with Crippen LogP contribution in [-0.4, -0.2) is 95.7 Å². The van der Waals surface area contributed by atoms with Gasteiger partial charge in [0.15, 0.2) is 0 Å². The first-order chi connectivity index (χ1) is 3.13. The quantitative estimate of drug-likeness (QED) is 0.505. The molecule has 0 aromatic heterocycles. The Morgan fingerprint density at radius 2 is 1.78 bits per heavy atom. The first-order valence-electron chi connectivity index (χ1n) is 1.99. The second kappa shape index (κ2) is 9.43. The van der Waals surface area contributed by atoms with E-state index in [2.05, 4.69) is 0 Å². The fourth-order valence-electron chi connectivity index (χ4n) is 0.271. The van der Waals surface area contributed by atoms with Crippen molar-refractivity contribution in [2.45, 2.75) is 0 Å². The number of carbonyl (C=O) groups is 1. The second-order valence-corrected chi connectivity index (χ2v) is 1.63. The van der Waals surface area contributed by atoms with Crippen LogP contribution >= 0.6 is 0 Å². The molecule has 0 atom stereocenters. The predicted molar refractivity (Wildman–Crippen MR) is 37.7 cm³/mol. The molecule has 0 aliphatic rings. The van der Waals surface area contributed by atoms with Gasteiger partial charge in [0.05, 0.1) is 6.54 Å². The maximum absolute atomic E-state index is 9.77. The van der Waals surface area contributed by atoms with Gasteiger partial charge in [0.25, 0.3) is 0 Å². The van der Waals surface area contributed by atoms with E-state index in [1.165, 1.54) is 0 Å². The fraction of sp³-hybridized carbons (Fsp3) is 0.750. The molecule has 0 aromatic rings. The van der Waals surface area contributed by atoms with E-state index in [0.29, 0.717) is 0 Å². The Balaban J connectivity index is -0.000000180. The third-order valence-electron chi connectivity index (χ3n) is 0.451. The molecule has 5 heteroatoms. The van der Waals surface area contributed by atoms with E-state index in [9.17, 15) is 4.79 Å². The maximum Gasteiger partial charge on any atom is 0.317 e. The van der Waals surface area contributed by atoms with Crippen molar-refractivity contribution in [3.63, 3.8) is 0 Å². The van der Waals surface area contributed by atoms with E-state index >= 15 is 0 Å². The van der Waals surface area contributed by atoms with E-state index in [0.717, 1.165) is 0 Å². The van der Waals surface area contributed by atoms with Gasteiger partial charge in [0.2, 0.25) is 0 Å². The third-order valence-corrected chi connectivity index (χ3v) is 0.451.